The van der Waals surface area contributed by atoms with Gasteiger partial charge in [-0.1, -0.05) is 0 Å². The largest absolute Gasteiger partial charge is 0.342 e. The molecule has 15 heavy (non-hydrogen) atoms. The molecule has 1 saturated carbocycles. The molecule has 1 rings (SSSR count). The molecule has 84 valence electrons. The zero-order chi connectivity index (χ0) is 11.3. The third-order valence-corrected chi connectivity index (χ3v) is 2.73. The van der Waals surface area contributed by atoms with Crippen molar-refractivity contribution in [3.63, 3.8) is 0 Å². The zero-order valence-electron chi connectivity index (χ0n) is 9.07. The summed E-state index contributed by atoms with van der Waals surface area (Å²) < 4.78 is 0. The first kappa shape index (κ1) is 12.0. The smallest absolute Gasteiger partial charge is 0.235 e. The number of nitrogens with two attached hydrogens (primary N) is 1. The number of nitriles is 1. The lowest BCUT2D eigenvalue weighted by molar-refractivity contribution is -0.122. The van der Waals surface area contributed by atoms with Gasteiger partial charge in [0.25, 0.3) is 0 Å². The Hall–Kier alpha value is -1.12. The minimum Gasteiger partial charge on any atom is -0.342 e. The molecule has 1 amide bonds. The van der Waals surface area contributed by atoms with Crippen molar-refractivity contribution in [2.45, 2.75) is 18.9 Å². The van der Waals surface area contributed by atoms with E-state index in [9.17, 15) is 4.79 Å². The molecule has 0 aromatic carbocycles. The molecule has 1 aliphatic rings. The average molecular weight is 210 g/mol. The van der Waals surface area contributed by atoms with Crippen LogP contribution in [-0.2, 0) is 4.79 Å². The van der Waals surface area contributed by atoms with Crippen LogP contribution in [0.25, 0.3) is 0 Å². The van der Waals surface area contributed by atoms with Crippen molar-refractivity contribution in [3.05, 3.63) is 0 Å². The van der Waals surface area contributed by atoms with Crippen molar-refractivity contribution in [3.8, 4) is 6.07 Å². The van der Waals surface area contributed by atoms with E-state index in [-0.39, 0.29) is 12.5 Å². The fraction of sp³-hybridized carbons (Fsp3) is 0.800. The number of rotatable bonds is 6. The maximum atomic E-state index is 11.3. The van der Waals surface area contributed by atoms with Gasteiger partial charge in [0, 0.05) is 12.6 Å². The van der Waals surface area contributed by atoms with E-state index in [1.165, 1.54) is 12.8 Å². The van der Waals surface area contributed by atoms with Crippen molar-refractivity contribution in [1.29, 1.82) is 5.26 Å². The molecular formula is C10H18N4O. The Balaban J connectivity index is 2.29. The maximum Gasteiger partial charge on any atom is 0.235 e. The minimum atomic E-state index is -0.113. The molecule has 0 bridgehead atoms. The molecule has 0 radical (unpaired) electrons. The molecule has 1 aliphatic carbocycles. The minimum absolute atomic E-state index is 0.0728. The van der Waals surface area contributed by atoms with Crippen LogP contribution < -0.4 is 11.1 Å². The third kappa shape index (κ3) is 3.86. The van der Waals surface area contributed by atoms with Gasteiger partial charge in [-0.2, -0.15) is 5.26 Å². The number of nitrogens with zero attached hydrogens (tertiary/aromatic N) is 2. The van der Waals surface area contributed by atoms with Gasteiger partial charge < -0.3 is 11.1 Å². The summed E-state index contributed by atoms with van der Waals surface area (Å²) in [7, 11) is 1.90. The second-order valence-electron chi connectivity index (χ2n) is 3.99. The van der Waals surface area contributed by atoms with Crippen LogP contribution in [0.4, 0.5) is 0 Å². The van der Waals surface area contributed by atoms with Crippen molar-refractivity contribution in [2.75, 3.05) is 26.7 Å². The van der Waals surface area contributed by atoms with Gasteiger partial charge in [-0.3, -0.25) is 9.69 Å². The van der Waals surface area contributed by atoms with Crippen molar-refractivity contribution in [2.24, 2.45) is 11.7 Å². The average Bonchev–Trinajstić information content (AvgIpc) is 3.00. The lowest BCUT2D eigenvalue weighted by Gasteiger charge is -2.25. The van der Waals surface area contributed by atoms with Crippen LogP contribution in [0, 0.1) is 17.2 Å². The molecule has 0 heterocycles. The summed E-state index contributed by atoms with van der Waals surface area (Å²) in [6.07, 6.45) is 2.43. The number of carbonyl (C=O) groups is 1. The lowest BCUT2D eigenvalue weighted by atomic mass is 10.1. The van der Waals surface area contributed by atoms with Gasteiger partial charge in [-0.15, -0.1) is 0 Å². The standard InChI is InChI=1S/C10H18N4O/c1-14(7-10(15)13-5-4-11)9(6-12)8-2-3-8/h8-9H,2-3,5-7,12H2,1H3,(H,13,15). The topological polar surface area (TPSA) is 82.2 Å². The number of amides is 1. The van der Waals surface area contributed by atoms with E-state index >= 15 is 0 Å². The summed E-state index contributed by atoms with van der Waals surface area (Å²) in [6.45, 7) is 0.982. The van der Waals surface area contributed by atoms with E-state index < -0.39 is 0 Å². The quantitative estimate of drug-likeness (QED) is 0.568. The molecule has 0 saturated heterocycles. The first-order valence-corrected chi connectivity index (χ1v) is 5.23. The predicted octanol–water partition coefficient (Wildman–Crippen LogP) is -0.705. The molecule has 0 aromatic rings. The van der Waals surface area contributed by atoms with E-state index in [1.54, 1.807) is 0 Å². The van der Waals surface area contributed by atoms with Gasteiger partial charge in [0.2, 0.25) is 5.91 Å². The van der Waals surface area contributed by atoms with Gasteiger partial charge in [0.1, 0.15) is 6.54 Å². The molecule has 0 aliphatic heterocycles. The third-order valence-electron chi connectivity index (χ3n) is 2.73. The first-order chi connectivity index (χ1) is 7.19. The molecule has 0 aromatic heterocycles. The Morgan fingerprint density at radius 1 is 1.73 bits per heavy atom. The van der Waals surface area contributed by atoms with E-state index in [0.29, 0.717) is 25.0 Å². The van der Waals surface area contributed by atoms with Gasteiger partial charge in [-0.25, -0.2) is 0 Å². The SMILES string of the molecule is CN(CC(=O)NCC#N)C(CN)C1CC1. The zero-order valence-corrected chi connectivity index (χ0v) is 9.07. The summed E-state index contributed by atoms with van der Waals surface area (Å²) in [6, 6.07) is 2.18. The second kappa shape index (κ2) is 5.69. The number of carbonyl (C=O) groups excluding carboxylic acids is 1. The van der Waals surface area contributed by atoms with Crippen LogP contribution in [0.1, 0.15) is 12.8 Å². The predicted molar refractivity (Wildman–Crippen MR) is 56.8 cm³/mol. The molecular weight excluding hydrogens is 192 g/mol. The Morgan fingerprint density at radius 3 is 2.87 bits per heavy atom. The summed E-state index contributed by atoms with van der Waals surface area (Å²) in [5, 5.41) is 10.8. The maximum absolute atomic E-state index is 11.3. The fourth-order valence-electron chi connectivity index (χ4n) is 1.75. The first-order valence-electron chi connectivity index (χ1n) is 5.23. The van der Waals surface area contributed by atoms with Gasteiger partial charge in [-0.05, 0) is 25.8 Å². The van der Waals surface area contributed by atoms with Crippen molar-refractivity contribution < 1.29 is 4.79 Å². The van der Waals surface area contributed by atoms with Crippen molar-refractivity contribution >= 4 is 5.91 Å². The van der Waals surface area contributed by atoms with Gasteiger partial charge in [0.05, 0.1) is 12.6 Å². The second-order valence-corrected chi connectivity index (χ2v) is 3.99. The normalized spacial score (nSPS) is 17.2. The lowest BCUT2D eigenvalue weighted by Crippen LogP contribution is -2.45. The fourth-order valence-corrected chi connectivity index (χ4v) is 1.75. The highest BCUT2D eigenvalue weighted by atomic mass is 16.2. The Kier molecular flexibility index (Phi) is 4.53. The number of likely N-dealkylation sites (N-methyl/N-ethyl adjacent to an activating group) is 1. The highest BCUT2D eigenvalue weighted by molar-refractivity contribution is 5.78. The van der Waals surface area contributed by atoms with Crippen LogP contribution in [0.3, 0.4) is 0 Å². The van der Waals surface area contributed by atoms with E-state index in [1.807, 2.05) is 18.0 Å². The van der Waals surface area contributed by atoms with Crippen LogP contribution in [0.2, 0.25) is 0 Å². The molecule has 1 atom stereocenters. The van der Waals surface area contributed by atoms with Crippen LogP contribution >= 0.6 is 0 Å². The van der Waals surface area contributed by atoms with Gasteiger partial charge >= 0.3 is 0 Å². The summed E-state index contributed by atoms with van der Waals surface area (Å²) >= 11 is 0. The highest BCUT2D eigenvalue weighted by Gasteiger charge is 2.33. The summed E-state index contributed by atoms with van der Waals surface area (Å²) in [5.41, 5.74) is 5.66. The molecule has 0 spiro atoms. The molecule has 5 nitrogen and oxygen atoms in total. The van der Waals surface area contributed by atoms with E-state index in [4.69, 9.17) is 11.0 Å². The monoisotopic (exact) mass is 210 g/mol. The van der Waals surface area contributed by atoms with Gasteiger partial charge in [0.15, 0.2) is 0 Å². The van der Waals surface area contributed by atoms with Crippen LogP contribution in [0.15, 0.2) is 0 Å². The Labute approximate surface area is 90.2 Å². The molecule has 3 N–H and O–H groups in total. The molecule has 5 heteroatoms. The summed E-state index contributed by atoms with van der Waals surface area (Å²) in [5.74, 6) is 0.543. The molecule has 1 fully saturated rings. The number of hydrogen-bond acceptors (Lipinski definition) is 4. The number of hydrogen-bond donors (Lipinski definition) is 2. The van der Waals surface area contributed by atoms with E-state index in [2.05, 4.69) is 5.32 Å². The molecule has 1 unspecified atom stereocenters. The van der Waals surface area contributed by atoms with Crippen LogP contribution in [-0.4, -0.2) is 43.5 Å². The van der Waals surface area contributed by atoms with E-state index in [0.717, 1.165) is 0 Å². The summed E-state index contributed by atoms with van der Waals surface area (Å²) in [4.78, 5) is 13.3. The number of nitrogens with one attached hydrogen (secondary N) is 1. The van der Waals surface area contributed by atoms with Crippen LogP contribution in [0.5, 0.6) is 0 Å². The highest BCUT2D eigenvalue weighted by Crippen LogP contribution is 2.34. The Morgan fingerprint density at radius 2 is 2.40 bits per heavy atom. The Bertz CT molecular complexity index is 257. The van der Waals surface area contributed by atoms with Crippen molar-refractivity contribution in [1.82, 2.24) is 10.2 Å².